The molecule has 1 aliphatic carbocycles. The quantitative estimate of drug-likeness (QED) is 0.709. The fourth-order valence-corrected chi connectivity index (χ4v) is 2.09. The van der Waals surface area contributed by atoms with E-state index in [0.717, 1.165) is 32.4 Å². The normalized spacial score (nSPS) is 32.2. The molecule has 2 unspecified atom stereocenters. The second-order valence-electron chi connectivity index (χ2n) is 3.89. The highest BCUT2D eigenvalue weighted by atomic mass is 35.5. The van der Waals surface area contributed by atoms with E-state index in [-0.39, 0.29) is 12.4 Å². The zero-order valence-electron chi connectivity index (χ0n) is 7.26. The van der Waals surface area contributed by atoms with Crippen molar-refractivity contribution in [1.82, 2.24) is 5.32 Å². The van der Waals surface area contributed by atoms with E-state index in [0.29, 0.717) is 11.8 Å². The van der Waals surface area contributed by atoms with Crippen molar-refractivity contribution in [3.63, 3.8) is 0 Å². The molecule has 0 amide bonds. The second-order valence-corrected chi connectivity index (χ2v) is 3.89. The highest BCUT2D eigenvalue weighted by Gasteiger charge is 2.34. The maximum atomic E-state index is 13.5. The lowest BCUT2D eigenvalue weighted by atomic mass is 9.77. The standard InChI is InChI=1S/C9H16FN.ClH/c10-9(7-2-1-3-7)8-4-5-11-6-8;/h7-9,11H,1-6H2;1H. The molecule has 1 saturated heterocycles. The lowest BCUT2D eigenvalue weighted by Gasteiger charge is -2.31. The minimum Gasteiger partial charge on any atom is -0.316 e. The summed E-state index contributed by atoms with van der Waals surface area (Å²) in [5.74, 6) is 0.750. The van der Waals surface area contributed by atoms with Crippen LogP contribution >= 0.6 is 12.4 Å². The van der Waals surface area contributed by atoms with Gasteiger partial charge < -0.3 is 5.32 Å². The summed E-state index contributed by atoms with van der Waals surface area (Å²) in [6, 6.07) is 0. The van der Waals surface area contributed by atoms with E-state index in [1.165, 1.54) is 6.42 Å². The van der Waals surface area contributed by atoms with Gasteiger partial charge in [-0.15, -0.1) is 12.4 Å². The van der Waals surface area contributed by atoms with E-state index in [2.05, 4.69) is 5.32 Å². The van der Waals surface area contributed by atoms with E-state index in [1.807, 2.05) is 0 Å². The second kappa shape index (κ2) is 4.43. The van der Waals surface area contributed by atoms with Crippen LogP contribution in [0, 0.1) is 11.8 Å². The Morgan fingerprint density at radius 3 is 2.33 bits per heavy atom. The Hall–Kier alpha value is 0.180. The Kier molecular flexibility index (Phi) is 3.78. The minimum absolute atomic E-state index is 0. The van der Waals surface area contributed by atoms with Gasteiger partial charge in [0.05, 0.1) is 0 Å². The van der Waals surface area contributed by atoms with Gasteiger partial charge in [0, 0.05) is 12.5 Å². The summed E-state index contributed by atoms with van der Waals surface area (Å²) in [6.45, 7) is 1.94. The Balaban J connectivity index is 0.000000720. The molecule has 0 aromatic heterocycles. The number of rotatable bonds is 2. The summed E-state index contributed by atoms with van der Waals surface area (Å²) in [6.07, 6.45) is 4.08. The highest BCUT2D eigenvalue weighted by molar-refractivity contribution is 5.85. The third kappa shape index (κ3) is 1.91. The van der Waals surface area contributed by atoms with Gasteiger partial charge in [-0.3, -0.25) is 0 Å². The van der Waals surface area contributed by atoms with Crippen LogP contribution in [0.25, 0.3) is 0 Å². The van der Waals surface area contributed by atoms with E-state index in [4.69, 9.17) is 0 Å². The molecule has 1 heterocycles. The predicted octanol–water partition coefficient (Wildman–Crippen LogP) is 2.16. The Morgan fingerprint density at radius 1 is 1.17 bits per heavy atom. The molecule has 1 N–H and O–H groups in total. The van der Waals surface area contributed by atoms with Gasteiger partial charge >= 0.3 is 0 Å². The summed E-state index contributed by atoms with van der Waals surface area (Å²) in [4.78, 5) is 0. The van der Waals surface area contributed by atoms with Gasteiger partial charge in [0.25, 0.3) is 0 Å². The van der Waals surface area contributed by atoms with Gasteiger partial charge in [0.1, 0.15) is 6.17 Å². The monoisotopic (exact) mass is 193 g/mol. The lowest BCUT2D eigenvalue weighted by molar-refractivity contribution is 0.101. The first-order valence-corrected chi connectivity index (χ1v) is 4.72. The average molecular weight is 194 g/mol. The number of alkyl halides is 1. The number of halogens is 2. The smallest absolute Gasteiger partial charge is 0.107 e. The first kappa shape index (κ1) is 10.3. The maximum absolute atomic E-state index is 13.5. The summed E-state index contributed by atoms with van der Waals surface area (Å²) in [7, 11) is 0. The van der Waals surface area contributed by atoms with Crippen LogP contribution in [0.15, 0.2) is 0 Å². The van der Waals surface area contributed by atoms with Crippen molar-refractivity contribution in [3.05, 3.63) is 0 Å². The Morgan fingerprint density at radius 2 is 1.92 bits per heavy atom. The van der Waals surface area contributed by atoms with Gasteiger partial charge in [-0.25, -0.2) is 4.39 Å². The number of hydrogen-bond donors (Lipinski definition) is 1. The molecule has 1 aliphatic heterocycles. The minimum atomic E-state index is -0.501. The molecule has 0 radical (unpaired) electrons. The Bertz CT molecular complexity index is 132. The molecule has 0 spiro atoms. The fourth-order valence-electron chi connectivity index (χ4n) is 2.09. The van der Waals surface area contributed by atoms with Crippen molar-refractivity contribution >= 4 is 12.4 Å². The molecule has 1 nitrogen and oxygen atoms in total. The number of hydrogen-bond acceptors (Lipinski definition) is 1. The van der Waals surface area contributed by atoms with Gasteiger partial charge in [-0.2, -0.15) is 0 Å². The molecule has 0 aromatic carbocycles. The van der Waals surface area contributed by atoms with Crippen molar-refractivity contribution in [2.45, 2.75) is 31.9 Å². The average Bonchev–Trinajstić information content (AvgIpc) is 2.32. The largest absolute Gasteiger partial charge is 0.316 e. The van der Waals surface area contributed by atoms with E-state index in [9.17, 15) is 4.39 Å². The molecule has 12 heavy (non-hydrogen) atoms. The molecule has 0 aromatic rings. The van der Waals surface area contributed by atoms with Crippen LogP contribution < -0.4 is 5.32 Å². The molecular weight excluding hydrogens is 177 g/mol. The van der Waals surface area contributed by atoms with Crippen LogP contribution in [0.2, 0.25) is 0 Å². The molecule has 2 atom stereocenters. The van der Waals surface area contributed by atoms with Crippen LogP contribution in [0.1, 0.15) is 25.7 Å². The fraction of sp³-hybridized carbons (Fsp3) is 1.00. The van der Waals surface area contributed by atoms with Crippen LogP contribution in [-0.4, -0.2) is 19.3 Å². The highest BCUT2D eigenvalue weighted by Crippen LogP contribution is 2.36. The van der Waals surface area contributed by atoms with Gasteiger partial charge in [0.15, 0.2) is 0 Å². The first-order chi connectivity index (χ1) is 5.38. The lowest BCUT2D eigenvalue weighted by Crippen LogP contribution is -2.31. The van der Waals surface area contributed by atoms with Crippen molar-refractivity contribution in [2.24, 2.45) is 11.8 Å². The molecule has 2 aliphatic rings. The van der Waals surface area contributed by atoms with Gasteiger partial charge in [-0.1, -0.05) is 6.42 Å². The third-order valence-corrected chi connectivity index (χ3v) is 3.15. The maximum Gasteiger partial charge on any atom is 0.107 e. The van der Waals surface area contributed by atoms with E-state index >= 15 is 0 Å². The zero-order chi connectivity index (χ0) is 7.68. The van der Waals surface area contributed by atoms with Crippen LogP contribution in [-0.2, 0) is 0 Å². The van der Waals surface area contributed by atoms with E-state index in [1.54, 1.807) is 0 Å². The molecule has 2 rings (SSSR count). The molecule has 0 bridgehead atoms. The van der Waals surface area contributed by atoms with Crippen molar-refractivity contribution < 1.29 is 4.39 Å². The molecule has 1 saturated carbocycles. The predicted molar refractivity (Wildman–Crippen MR) is 50.5 cm³/mol. The van der Waals surface area contributed by atoms with Crippen molar-refractivity contribution in [1.29, 1.82) is 0 Å². The zero-order valence-corrected chi connectivity index (χ0v) is 8.08. The molecule has 72 valence electrons. The van der Waals surface area contributed by atoms with Crippen LogP contribution in [0.5, 0.6) is 0 Å². The van der Waals surface area contributed by atoms with Crippen LogP contribution in [0.3, 0.4) is 0 Å². The molecule has 3 heteroatoms. The van der Waals surface area contributed by atoms with Crippen molar-refractivity contribution in [2.75, 3.05) is 13.1 Å². The first-order valence-electron chi connectivity index (χ1n) is 4.72. The molecule has 2 fully saturated rings. The Labute approximate surface area is 79.5 Å². The third-order valence-electron chi connectivity index (χ3n) is 3.15. The van der Waals surface area contributed by atoms with Gasteiger partial charge in [0.2, 0.25) is 0 Å². The SMILES string of the molecule is Cl.FC(C1CCC1)C1CCNC1. The summed E-state index contributed by atoms with van der Waals surface area (Å²) >= 11 is 0. The van der Waals surface area contributed by atoms with E-state index < -0.39 is 6.17 Å². The van der Waals surface area contributed by atoms with Crippen molar-refractivity contribution in [3.8, 4) is 0 Å². The topological polar surface area (TPSA) is 12.0 Å². The number of nitrogens with one attached hydrogen (secondary N) is 1. The summed E-state index contributed by atoms with van der Waals surface area (Å²) in [5.41, 5.74) is 0. The molecular formula is C9H17ClFN. The summed E-state index contributed by atoms with van der Waals surface area (Å²) in [5, 5.41) is 3.22. The van der Waals surface area contributed by atoms with Gasteiger partial charge in [-0.05, 0) is 31.7 Å². The summed E-state index contributed by atoms with van der Waals surface area (Å²) < 4.78 is 13.5. The van der Waals surface area contributed by atoms with Crippen LogP contribution in [0.4, 0.5) is 4.39 Å².